The lowest BCUT2D eigenvalue weighted by Crippen LogP contribution is -2.44. The van der Waals surface area contributed by atoms with Gasteiger partial charge < -0.3 is 15.4 Å². The average molecular weight is 433 g/mol. The number of rotatable bonds is 8. The van der Waals surface area contributed by atoms with Crippen LogP contribution in [0.3, 0.4) is 0 Å². The predicted molar refractivity (Wildman–Crippen MR) is 106 cm³/mol. The first-order valence-electron chi connectivity index (χ1n) is 8.73. The normalized spacial score (nSPS) is 16.1. The lowest BCUT2D eigenvalue weighted by Gasteiger charge is -2.32. The van der Waals surface area contributed by atoms with Crippen molar-refractivity contribution < 1.29 is 9.53 Å². The molecule has 1 saturated heterocycles. The number of nitrogens with zero attached hydrogens (tertiary/aromatic N) is 2. The van der Waals surface area contributed by atoms with Gasteiger partial charge in [0.05, 0.1) is 17.9 Å². The molecule has 0 unspecified atom stereocenters. The molecule has 0 saturated carbocycles. The summed E-state index contributed by atoms with van der Waals surface area (Å²) in [6.07, 6.45) is 2.75. The van der Waals surface area contributed by atoms with Crippen LogP contribution in [-0.4, -0.2) is 61.5 Å². The average Bonchev–Trinajstić information content (AvgIpc) is 2.60. The third kappa shape index (κ3) is 6.44. The highest BCUT2D eigenvalue weighted by Gasteiger charge is 2.18. The summed E-state index contributed by atoms with van der Waals surface area (Å²) in [6.45, 7) is 5.27. The minimum atomic E-state index is -0.300. The maximum atomic E-state index is 12.3. The second-order valence-electron chi connectivity index (χ2n) is 6.50. The van der Waals surface area contributed by atoms with Crippen LogP contribution in [0, 0.1) is 0 Å². The van der Waals surface area contributed by atoms with Gasteiger partial charge in [-0.1, -0.05) is 0 Å². The van der Waals surface area contributed by atoms with Crippen molar-refractivity contribution in [2.45, 2.75) is 25.8 Å². The zero-order valence-corrected chi connectivity index (χ0v) is 17.1. The van der Waals surface area contributed by atoms with E-state index >= 15 is 0 Å². The molecule has 5 nitrogen and oxygen atoms in total. The molecule has 25 heavy (non-hydrogen) atoms. The Kier molecular flexibility index (Phi) is 8.49. The van der Waals surface area contributed by atoms with Crippen LogP contribution in [0.5, 0.6) is 0 Å². The van der Waals surface area contributed by atoms with Crippen LogP contribution in [0.1, 0.15) is 35.2 Å². The first-order valence-corrected chi connectivity index (χ1v) is 10.1. The molecule has 0 radical (unpaired) electrons. The van der Waals surface area contributed by atoms with E-state index in [-0.39, 0.29) is 5.97 Å². The van der Waals surface area contributed by atoms with Crippen molar-refractivity contribution in [1.29, 1.82) is 0 Å². The third-order valence-corrected chi connectivity index (χ3v) is 5.38. The van der Waals surface area contributed by atoms with E-state index in [4.69, 9.17) is 22.1 Å². The molecule has 140 valence electrons. The quantitative estimate of drug-likeness (QED) is 0.295. The molecular weight excluding hydrogens is 406 g/mol. The van der Waals surface area contributed by atoms with E-state index < -0.39 is 0 Å². The number of carbonyl (C=O) groups excluding carboxylic acids is 1. The maximum Gasteiger partial charge on any atom is 0.338 e. The zero-order valence-electron chi connectivity index (χ0n) is 14.8. The summed E-state index contributed by atoms with van der Waals surface area (Å²) in [4.78, 5) is 17.0. The van der Waals surface area contributed by atoms with Gasteiger partial charge in [0.25, 0.3) is 0 Å². The molecule has 0 amide bonds. The van der Waals surface area contributed by atoms with Gasteiger partial charge in [0.15, 0.2) is 0 Å². The predicted octanol–water partition coefficient (Wildman–Crippen LogP) is 3.34. The van der Waals surface area contributed by atoms with E-state index in [9.17, 15) is 4.79 Å². The molecule has 0 aromatic heterocycles. The smallest absolute Gasteiger partial charge is 0.338 e. The number of hydrogen-bond donors (Lipinski definition) is 1. The fourth-order valence-electron chi connectivity index (χ4n) is 2.79. The van der Waals surface area contributed by atoms with Gasteiger partial charge in [-0.05, 0) is 59.9 Å². The molecule has 7 heteroatoms. The molecule has 2 rings (SSSR count). The lowest BCUT2D eigenvalue weighted by molar-refractivity contribution is 0.0498. The van der Waals surface area contributed by atoms with Gasteiger partial charge in [-0.25, -0.2) is 4.79 Å². The number of nitrogen functional groups attached to an aromatic ring is 1. The summed E-state index contributed by atoms with van der Waals surface area (Å²) >= 11 is 9.11. The van der Waals surface area contributed by atoms with Crippen molar-refractivity contribution in [2.24, 2.45) is 0 Å². The second kappa shape index (κ2) is 10.4. The van der Waals surface area contributed by atoms with Crippen LogP contribution >= 0.6 is 27.5 Å². The largest absolute Gasteiger partial charge is 0.462 e. The van der Waals surface area contributed by atoms with Gasteiger partial charge in [-0.15, -0.1) is 11.6 Å². The number of esters is 1. The molecular formula is C18H27BrClN3O2. The molecule has 1 aromatic rings. The highest BCUT2D eigenvalue weighted by Crippen LogP contribution is 2.27. The number of alkyl halides is 1. The Morgan fingerprint density at radius 2 is 1.96 bits per heavy atom. The summed E-state index contributed by atoms with van der Waals surface area (Å²) in [5.74, 6) is 0.348. The van der Waals surface area contributed by atoms with E-state index in [1.54, 1.807) is 6.07 Å². The van der Waals surface area contributed by atoms with Crippen LogP contribution in [0.4, 0.5) is 5.69 Å². The molecule has 0 spiro atoms. The Balaban J connectivity index is 1.97. The molecule has 1 heterocycles. The number of hydrogen-bond acceptors (Lipinski definition) is 5. The zero-order chi connectivity index (χ0) is 18.2. The number of nitrogens with two attached hydrogens (primary N) is 1. The number of unbranched alkanes of at least 4 members (excludes halogenated alkanes) is 2. The van der Waals surface area contributed by atoms with Crippen molar-refractivity contribution in [3.8, 4) is 0 Å². The van der Waals surface area contributed by atoms with Gasteiger partial charge in [-0.3, -0.25) is 4.90 Å². The fraction of sp³-hybridized carbons (Fsp3) is 0.611. The van der Waals surface area contributed by atoms with E-state index in [1.807, 2.05) is 6.07 Å². The van der Waals surface area contributed by atoms with Gasteiger partial charge in [0, 0.05) is 43.1 Å². The molecule has 1 fully saturated rings. The summed E-state index contributed by atoms with van der Waals surface area (Å²) in [7, 11) is 2.13. The van der Waals surface area contributed by atoms with Gasteiger partial charge >= 0.3 is 5.97 Å². The van der Waals surface area contributed by atoms with Crippen molar-refractivity contribution in [2.75, 3.05) is 51.4 Å². The summed E-state index contributed by atoms with van der Waals surface area (Å²) in [5, 5.41) is 0. The summed E-state index contributed by atoms with van der Waals surface area (Å²) < 4.78 is 6.11. The Morgan fingerprint density at radius 1 is 1.24 bits per heavy atom. The molecule has 0 atom stereocenters. The van der Waals surface area contributed by atoms with Crippen molar-refractivity contribution in [1.82, 2.24) is 9.80 Å². The monoisotopic (exact) mass is 431 g/mol. The van der Waals surface area contributed by atoms with Crippen LogP contribution < -0.4 is 5.73 Å². The Morgan fingerprint density at radius 3 is 2.64 bits per heavy atom. The van der Waals surface area contributed by atoms with Crippen LogP contribution in [0.15, 0.2) is 16.6 Å². The van der Waals surface area contributed by atoms with Crippen molar-refractivity contribution in [3.05, 3.63) is 27.7 Å². The highest BCUT2D eigenvalue weighted by atomic mass is 79.9. The van der Waals surface area contributed by atoms with Gasteiger partial charge in [-0.2, -0.15) is 0 Å². The van der Waals surface area contributed by atoms with Crippen LogP contribution in [0.2, 0.25) is 0 Å². The number of likely N-dealkylation sites (N-methyl/N-ethyl adjacent to an activating group) is 1. The first-order chi connectivity index (χ1) is 12.0. The second-order valence-corrected chi connectivity index (χ2v) is 7.73. The van der Waals surface area contributed by atoms with Crippen LogP contribution in [-0.2, 0) is 11.3 Å². The SMILES string of the molecule is CN1CCN(Cc2cc(C(=O)OCCCCCCl)cc(Br)c2N)CC1. The Labute approximate surface area is 163 Å². The maximum absolute atomic E-state index is 12.3. The molecule has 1 aromatic carbocycles. The van der Waals surface area contributed by atoms with Crippen LogP contribution in [0.25, 0.3) is 0 Å². The summed E-state index contributed by atoms with van der Waals surface area (Å²) in [5.41, 5.74) is 8.40. The van der Waals surface area contributed by atoms with Crippen molar-refractivity contribution >= 4 is 39.2 Å². The summed E-state index contributed by atoms with van der Waals surface area (Å²) in [6, 6.07) is 3.60. The van der Waals surface area contributed by atoms with E-state index in [0.717, 1.165) is 62.0 Å². The number of halogens is 2. The fourth-order valence-corrected chi connectivity index (χ4v) is 3.48. The lowest BCUT2D eigenvalue weighted by atomic mass is 10.1. The Hall–Kier alpha value is -0.820. The minimum absolute atomic E-state index is 0.300. The van der Waals surface area contributed by atoms with E-state index in [1.165, 1.54) is 0 Å². The molecule has 2 N–H and O–H groups in total. The van der Waals surface area contributed by atoms with E-state index in [0.29, 0.717) is 23.7 Å². The van der Waals surface area contributed by atoms with Gasteiger partial charge in [0.1, 0.15) is 0 Å². The number of benzene rings is 1. The van der Waals surface area contributed by atoms with Crippen molar-refractivity contribution in [3.63, 3.8) is 0 Å². The van der Waals surface area contributed by atoms with Gasteiger partial charge in [0.2, 0.25) is 0 Å². The number of carbonyl (C=O) groups is 1. The minimum Gasteiger partial charge on any atom is -0.462 e. The highest BCUT2D eigenvalue weighted by molar-refractivity contribution is 9.10. The Bertz CT molecular complexity index is 578. The number of ether oxygens (including phenoxy) is 1. The molecule has 0 aliphatic carbocycles. The third-order valence-electron chi connectivity index (χ3n) is 4.45. The number of piperazine rings is 1. The first kappa shape index (κ1) is 20.5. The standard InChI is InChI=1S/C18H27BrClN3O2/c1-22-6-8-23(9-7-22)13-15-11-14(12-16(19)17(15)21)18(24)25-10-4-2-3-5-20/h11-12H,2-10,13,21H2,1H3. The topological polar surface area (TPSA) is 58.8 Å². The molecule has 0 bridgehead atoms. The number of anilines is 1. The molecule has 1 aliphatic rings. The van der Waals surface area contributed by atoms with E-state index in [2.05, 4.69) is 32.8 Å². The molecule has 1 aliphatic heterocycles.